The minimum atomic E-state index is -0.343. The first kappa shape index (κ1) is 16.7. The molecular formula is C19H14ClN3O2. The van der Waals surface area contributed by atoms with Gasteiger partial charge >= 0.3 is 0 Å². The van der Waals surface area contributed by atoms with Crippen LogP contribution in [-0.4, -0.2) is 16.8 Å². The SMILES string of the molecule is O=C(Nc1ccccc1C(=O)Nc1cccnc1)c1cccc(Cl)c1. The molecule has 1 heterocycles. The normalized spacial score (nSPS) is 10.1. The van der Waals surface area contributed by atoms with Crippen molar-refractivity contribution in [3.8, 4) is 0 Å². The van der Waals surface area contributed by atoms with Crippen molar-refractivity contribution in [1.29, 1.82) is 0 Å². The number of carbonyl (C=O) groups excluding carboxylic acids is 2. The first-order chi connectivity index (χ1) is 12.1. The number of hydrogen-bond acceptors (Lipinski definition) is 3. The molecular weight excluding hydrogens is 338 g/mol. The number of halogens is 1. The van der Waals surface area contributed by atoms with Crippen molar-refractivity contribution in [2.24, 2.45) is 0 Å². The van der Waals surface area contributed by atoms with E-state index in [1.807, 2.05) is 0 Å². The maximum atomic E-state index is 12.5. The fourth-order valence-corrected chi connectivity index (χ4v) is 2.44. The number of para-hydroxylation sites is 1. The summed E-state index contributed by atoms with van der Waals surface area (Å²) in [5, 5.41) is 5.96. The molecule has 0 radical (unpaired) electrons. The van der Waals surface area contributed by atoms with Gasteiger partial charge in [-0.15, -0.1) is 0 Å². The first-order valence-electron chi connectivity index (χ1n) is 7.51. The third-order valence-corrected chi connectivity index (χ3v) is 3.66. The zero-order valence-electron chi connectivity index (χ0n) is 13.1. The lowest BCUT2D eigenvalue weighted by molar-refractivity contribution is 0.102. The Labute approximate surface area is 149 Å². The van der Waals surface area contributed by atoms with Gasteiger partial charge in [-0.25, -0.2) is 0 Å². The summed E-state index contributed by atoms with van der Waals surface area (Å²) in [6, 6.07) is 16.8. The number of hydrogen-bond donors (Lipinski definition) is 2. The van der Waals surface area contributed by atoms with Crippen LogP contribution in [0.25, 0.3) is 0 Å². The molecule has 0 saturated carbocycles. The number of anilines is 2. The van der Waals surface area contributed by atoms with Crippen molar-refractivity contribution in [2.75, 3.05) is 10.6 Å². The fourth-order valence-electron chi connectivity index (χ4n) is 2.25. The topological polar surface area (TPSA) is 71.1 Å². The van der Waals surface area contributed by atoms with Gasteiger partial charge in [0.1, 0.15) is 0 Å². The molecule has 1 aromatic heterocycles. The molecule has 0 spiro atoms. The van der Waals surface area contributed by atoms with E-state index in [2.05, 4.69) is 15.6 Å². The summed E-state index contributed by atoms with van der Waals surface area (Å²) >= 11 is 5.91. The van der Waals surface area contributed by atoms with Crippen molar-refractivity contribution in [3.05, 3.63) is 89.2 Å². The van der Waals surface area contributed by atoms with E-state index in [0.717, 1.165) is 0 Å². The summed E-state index contributed by atoms with van der Waals surface area (Å²) in [6.45, 7) is 0. The van der Waals surface area contributed by atoms with Crippen molar-refractivity contribution in [2.45, 2.75) is 0 Å². The van der Waals surface area contributed by atoms with Crippen LogP contribution in [0.4, 0.5) is 11.4 Å². The van der Waals surface area contributed by atoms with Crippen molar-refractivity contribution >= 4 is 34.8 Å². The van der Waals surface area contributed by atoms with Gasteiger partial charge in [-0.3, -0.25) is 14.6 Å². The third-order valence-electron chi connectivity index (χ3n) is 3.43. The molecule has 3 rings (SSSR count). The molecule has 0 atom stereocenters. The molecule has 0 aliphatic carbocycles. The molecule has 0 saturated heterocycles. The summed E-state index contributed by atoms with van der Waals surface area (Å²) in [6.07, 6.45) is 3.17. The molecule has 25 heavy (non-hydrogen) atoms. The highest BCUT2D eigenvalue weighted by Gasteiger charge is 2.14. The van der Waals surface area contributed by atoms with Gasteiger partial charge in [-0.2, -0.15) is 0 Å². The summed E-state index contributed by atoms with van der Waals surface area (Å²) in [7, 11) is 0. The van der Waals surface area contributed by atoms with Crippen molar-refractivity contribution < 1.29 is 9.59 Å². The molecule has 124 valence electrons. The van der Waals surface area contributed by atoms with Gasteiger partial charge in [0.05, 0.1) is 23.1 Å². The Morgan fingerprint density at radius 2 is 1.72 bits per heavy atom. The Balaban J connectivity index is 1.81. The molecule has 6 heteroatoms. The summed E-state index contributed by atoms with van der Waals surface area (Å²) in [5.74, 6) is -0.681. The van der Waals surface area contributed by atoms with E-state index in [4.69, 9.17) is 11.6 Å². The maximum absolute atomic E-state index is 12.5. The first-order valence-corrected chi connectivity index (χ1v) is 7.88. The fraction of sp³-hybridized carbons (Fsp3) is 0. The van der Waals surface area contributed by atoms with E-state index >= 15 is 0 Å². The minimum Gasteiger partial charge on any atom is -0.321 e. The second-order valence-corrected chi connectivity index (χ2v) is 5.64. The van der Waals surface area contributed by atoms with Crippen LogP contribution in [0.15, 0.2) is 73.1 Å². The molecule has 0 fully saturated rings. The highest BCUT2D eigenvalue weighted by atomic mass is 35.5. The smallest absolute Gasteiger partial charge is 0.257 e. The summed E-state index contributed by atoms with van der Waals surface area (Å²) in [5.41, 5.74) is 1.74. The van der Waals surface area contributed by atoms with Gasteiger partial charge in [-0.05, 0) is 42.5 Å². The number of benzene rings is 2. The molecule has 0 aliphatic rings. The van der Waals surface area contributed by atoms with Crippen LogP contribution in [0, 0.1) is 0 Å². The molecule has 2 amide bonds. The molecule has 0 unspecified atom stereocenters. The summed E-state index contributed by atoms with van der Waals surface area (Å²) < 4.78 is 0. The lowest BCUT2D eigenvalue weighted by Gasteiger charge is -2.11. The van der Waals surface area contributed by atoms with Crippen LogP contribution in [0.2, 0.25) is 5.02 Å². The average Bonchev–Trinajstić information content (AvgIpc) is 2.63. The number of nitrogens with zero attached hydrogens (tertiary/aromatic N) is 1. The predicted octanol–water partition coefficient (Wildman–Crippen LogP) is 4.24. The van der Waals surface area contributed by atoms with E-state index in [0.29, 0.717) is 27.5 Å². The van der Waals surface area contributed by atoms with E-state index in [9.17, 15) is 9.59 Å². The Kier molecular flexibility index (Phi) is 5.06. The monoisotopic (exact) mass is 351 g/mol. The van der Waals surface area contributed by atoms with Crippen molar-refractivity contribution in [1.82, 2.24) is 4.98 Å². The second-order valence-electron chi connectivity index (χ2n) is 5.21. The average molecular weight is 352 g/mol. The van der Waals surface area contributed by atoms with Crippen molar-refractivity contribution in [3.63, 3.8) is 0 Å². The van der Waals surface area contributed by atoms with Crippen LogP contribution in [-0.2, 0) is 0 Å². The number of rotatable bonds is 4. The molecule has 2 N–H and O–H groups in total. The highest BCUT2D eigenvalue weighted by molar-refractivity contribution is 6.31. The van der Waals surface area contributed by atoms with E-state index in [1.165, 1.54) is 0 Å². The second kappa shape index (κ2) is 7.59. The van der Waals surface area contributed by atoms with Crippen LogP contribution >= 0.6 is 11.6 Å². The van der Waals surface area contributed by atoms with Gasteiger partial charge < -0.3 is 10.6 Å². The minimum absolute atomic E-state index is 0.338. The van der Waals surface area contributed by atoms with Gasteiger partial charge in [0.2, 0.25) is 0 Å². The molecule has 2 aromatic carbocycles. The molecule has 3 aromatic rings. The van der Waals surface area contributed by atoms with Crippen LogP contribution < -0.4 is 10.6 Å². The predicted molar refractivity (Wildman–Crippen MR) is 98.0 cm³/mol. The van der Waals surface area contributed by atoms with Crippen LogP contribution in [0.3, 0.4) is 0 Å². The number of amides is 2. The highest BCUT2D eigenvalue weighted by Crippen LogP contribution is 2.19. The lowest BCUT2D eigenvalue weighted by atomic mass is 10.1. The third kappa shape index (κ3) is 4.22. The Morgan fingerprint density at radius 1 is 0.880 bits per heavy atom. The number of aromatic nitrogens is 1. The van der Waals surface area contributed by atoms with Gasteiger partial charge in [0, 0.05) is 16.8 Å². The standard InChI is InChI=1S/C19H14ClN3O2/c20-14-6-3-5-13(11-14)18(24)23-17-9-2-1-8-16(17)19(25)22-15-7-4-10-21-12-15/h1-12H,(H,22,25)(H,23,24). The van der Waals surface area contributed by atoms with Gasteiger partial charge in [0.15, 0.2) is 0 Å². The van der Waals surface area contributed by atoms with Gasteiger partial charge in [-0.1, -0.05) is 29.8 Å². The van der Waals surface area contributed by atoms with E-state index in [1.54, 1.807) is 73.1 Å². The zero-order chi connectivity index (χ0) is 17.6. The zero-order valence-corrected chi connectivity index (χ0v) is 13.8. The van der Waals surface area contributed by atoms with E-state index in [-0.39, 0.29) is 11.8 Å². The van der Waals surface area contributed by atoms with Crippen LogP contribution in [0.1, 0.15) is 20.7 Å². The largest absolute Gasteiger partial charge is 0.321 e. The lowest BCUT2D eigenvalue weighted by Crippen LogP contribution is -2.18. The molecule has 0 bridgehead atoms. The van der Waals surface area contributed by atoms with E-state index < -0.39 is 0 Å². The quantitative estimate of drug-likeness (QED) is 0.738. The maximum Gasteiger partial charge on any atom is 0.257 e. The number of carbonyl (C=O) groups is 2. The Hall–Kier alpha value is -3.18. The Morgan fingerprint density at radius 3 is 2.48 bits per heavy atom. The van der Waals surface area contributed by atoms with Gasteiger partial charge in [0.25, 0.3) is 11.8 Å². The Bertz CT molecular complexity index is 913. The van der Waals surface area contributed by atoms with Crippen LogP contribution in [0.5, 0.6) is 0 Å². The number of pyridine rings is 1. The number of nitrogens with one attached hydrogen (secondary N) is 2. The summed E-state index contributed by atoms with van der Waals surface area (Å²) in [4.78, 5) is 28.8. The molecule has 0 aliphatic heterocycles. The molecule has 5 nitrogen and oxygen atoms in total.